The average Bonchev–Trinajstić information content (AvgIpc) is 2.35. The van der Waals surface area contributed by atoms with Crippen molar-refractivity contribution in [2.24, 2.45) is 0 Å². The van der Waals surface area contributed by atoms with Gasteiger partial charge in [0.25, 0.3) is 0 Å². The second-order valence-electron chi connectivity index (χ2n) is 3.94. The Kier molecular flexibility index (Phi) is 3.50. The van der Waals surface area contributed by atoms with Crippen molar-refractivity contribution in [1.29, 1.82) is 0 Å². The van der Waals surface area contributed by atoms with E-state index in [9.17, 15) is 5.11 Å². The first-order valence-corrected chi connectivity index (χ1v) is 4.72. The lowest BCUT2D eigenvalue weighted by Crippen LogP contribution is -2.43. The Hall–Kier alpha value is -0.120. The van der Waals surface area contributed by atoms with Crippen LogP contribution in [0.15, 0.2) is 0 Å². The van der Waals surface area contributed by atoms with Gasteiger partial charge in [0, 0.05) is 18.6 Å². The highest BCUT2D eigenvalue weighted by Crippen LogP contribution is 2.07. The Morgan fingerprint density at radius 2 is 2.17 bits per heavy atom. The maximum absolute atomic E-state index is 9.27. The van der Waals surface area contributed by atoms with Gasteiger partial charge in [-0.2, -0.15) is 0 Å². The average molecular weight is 172 g/mol. The first kappa shape index (κ1) is 9.96. The zero-order chi connectivity index (χ0) is 9.14. The molecule has 0 aromatic rings. The molecule has 3 atom stereocenters. The van der Waals surface area contributed by atoms with Gasteiger partial charge < -0.3 is 15.3 Å². The quantitative estimate of drug-likeness (QED) is 0.631. The molecule has 72 valence electrons. The molecule has 3 nitrogen and oxygen atoms in total. The lowest BCUT2D eigenvalue weighted by molar-refractivity contribution is 0.146. The van der Waals surface area contributed by atoms with Crippen LogP contribution in [0.5, 0.6) is 0 Å². The number of aliphatic hydroxyl groups excluding tert-OH is 1. The standard InChI is InChI=1S/C9H20N2O/c1-7(8(2)12)10-9-4-5-11(3)6-9/h7-10,12H,4-6H2,1-3H3. The Morgan fingerprint density at radius 1 is 1.50 bits per heavy atom. The fourth-order valence-corrected chi connectivity index (χ4v) is 1.58. The SMILES string of the molecule is CC(O)C(C)NC1CCN(C)C1. The lowest BCUT2D eigenvalue weighted by Gasteiger charge is -2.21. The number of hydrogen-bond donors (Lipinski definition) is 2. The number of likely N-dealkylation sites (tertiary alicyclic amines) is 1. The summed E-state index contributed by atoms with van der Waals surface area (Å²) in [6.45, 7) is 6.14. The van der Waals surface area contributed by atoms with E-state index in [1.165, 1.54) is 13.0 Å². The molecule has 0 saturated carbocycles. The summed E-state index contributed by atoms with van der Waals surface area (Å²) >= 11 is 0. The van der Waals surface area contributed by atoms with E-state index in [2.05, 4.69) is 17.3 Å². The Morgan fingerprint density at radius 3 is 2.58 bits per heavy atom. The summed E-state index contributed by atoms with van der Waals surface area (Å²) in [4.78, 5) is 2.31. The summed E-state index contributed by atoms with van der Waals surface area (Å²) < 4.78 is 0. The summed E-state index contributed by atoms with van der Waals surface area (Å²) in [6.07, 6.45) is 0.948. The van der Waals surface area contributed by atoms with Gasteiger partial charge in [-0.25, -0.2) is 0 Å². The monoisotopic (exact) mass is 172 g/mol. The van der Waals surface area contributed by atoms with Gasteiger partial charge >= 0.3 is 0 Å². The Bertz CT molecular complexity index is 138. The minimum atomic E-state index is -0.254. The number of likely N-dealkylation sites (N-methyl/N-ethyl adjacent to an activating group) is 1. The lowest BCUT2D eigenvalue weighted by atomic mass is 10.1. The molecule has 0 aromatic carbocycles. The topological polar surface area (TPSA) is 35.5 Å². The van der Waals surface area contributed by atoms with Crippen molar-refractivity contribution in [3.63, 3.8) is 0 Å². The normalized spacial score (nSPS) is 30.5. The summed E-state index contributed by atoms with van der Waals surface area (Å²) in [5.41, 5.74) is 0. The van der Waals surface area contributed by atoms with E-state index >= 15 is 0 Å². The maximum atomic E-state index is 9.27. The fourth-order valence-electron chi connectivity index (χ4n) is 1.58. The molecule has 1 saturated heterocycles. The highest BCUT2D eigenvalue weighted by atomic mass is 16.3. The fraction of sp³-hybridized carbons (Fsp3) is 1.00. The number of nitrogens with zero attached hydrogens (tertiary/aromatic N) is 1. The van der Waals surface area contributed by atoms with Crippen LogP contribution in [0.1, 0.15) is 20.3 Å². The van der Waals surface area contributed by atoms with Gasteiger partial charge in [0.2, 0.25) is 0 Å². The van der Waals surface area contributed by atoms with Crippen LogP contribution in [0.2, 0.25) is 0 Å². The molecule has 0 aliphatic carbocycles. The first-order chi connectivity index (χ1) is 5.59. The van der Waals surface area contributed by atoms with E-state index in [4.69, 9.17) is 0 Å². The zero-order valence-electron chi connectivity index (χ0n) is 8.25. The molecule has 0 amide bonds. The summed E-state index contributed by atoms with van der Waals surface area (Å²) in [7, 11) is 2.13. The van der Waals surface area contributed by atoms with Crippen LogP contribution in [-0.2, 0) is 0 Å². The molecular formula is C9H20N2O. The molecule has 12 heavy (non-hydrogen) atoms. The molecule has 1 heterocycles. The second-order valence-corrected chi connectivity index (χ2v) is 3.94. The van der Waals surface area contributed by atoms with Crippen LogP contribution in [0.4, 0.5) is 0 Å². The third-order valence-corrected chi connectivity index (χ3v) is 2.61. The third-order valence-electron chi connectivity index (χ3n) is 2.61. The van der Waals surface area contributed by atoms with Crippen molar-refractivity contribution in [2.75, 3.05) is 20.1 Å². The third kappa shape index (κ3) is 2.73. The number of aliphatic hydroxyl groups is 1. The molecule has 3 heteroatoms. The van der Waals surface area contributed by atoms with Crippen molar-refractivity contribution < 1.29 is 5.11 Å². The highest BCUT2D eigenvalue weighted by molar-refractivity contribution is 4.82. The van der Waals surface area contributed by atoms with Gasteiger partial charge in [0.05, 0.1) is 6.10 Å². The van der Waals surface area contributed by atoms with E-state index < -0.39 is 0 Å². The van der Waals surface area contributed by atoms with Gasteiger partial charge in [0.1, 0.15) is 0 Å². The van der Waals surface area contributed by atoms with E-state index in [0.29, 0.717) is 6.04 Å². The minimum Gasteiger partial charge on any atom is -0.392 e. The molecule has 2 N–H and O–H groups in total. The molecule has 1 rings (SSSR count). The van der Waals surface area contributed by atoms with E-state index in [-0.39, 0.29) is 12.1 Å². The van der Waals surface area contributed by atoms with Crippen LogP contribution in [0.3, 0.4) is 0 Å². The predicted octanol–water partition coefficient (Wildman–Crippen LogP) is 0.0494. The molecular weight excluding hydrogens is 152 g/mol. The van der Waals surface area contributed by atoms with E-state index in [0.717, 1.165) is 6.54 Å². The molecule has 1 aliphatic rings. The Balaban J connectivity index is 2.23. The van der Waals surface area contributed by atoms with Gasteiger partial charge in [-0.3, -0.25) is 0 Å². The zero-order valence-corrected chi connectivity index (χ0v) is 8.25. The molecule has 0 bridgehead atoms. The number of rotatable bonds is 3. The van der Waals surface area contributed by atoms with E-state index in [1.807, 2.05) is 13.8 Å². The molecule has 0 radical (unpaired) electrons. The summed E-state index contributed by atoms with van der Waals surface area (Å²) in [6, 6.07) is 0.779. The van der Waals surface area contributed by atoms with Crippen LogP contribution in [0.25, 0.3) is 0 Å². The molecule has 1 aliphatic heterocycles. The van der Waals surface area contributed by atoms with E-state index in [1.54, 1.807) is 0 Å². The van der Waals surface area contributed by atoms with Crippen molar-refractivity contribution in [3.05, 3.63) is 0 Å². The van der Waals surface area contributed by atoms with Crippen molar-refractivity contribution in [2.45, 2.75) is 38.5 Å². The minimum absolute atomic E-state index is 0.210. The van der Waals surface area contributed by atoms with Crippen LogP contribution in [0, 0.1) is 0 Å². The van der Waals surface area contributed by atoms with Gasteiger partial charge in [-0.1, -0.05) is 0 Å². The van der Waals surface area contributed by atoms with Crippen LogP contribution >= 0.6 is 0 Å². The molecule has 0 aromatic heterocycles. The summed E-state index contributed by atoms with van der Waals surface area (Å²) in [5.74, 6) is 0. The Labute approximate surface area is 74.8 Å². The highest BCUT2D eigenvalue weighted by Gasteiger charge is 2.21. The van der Waals surface area contributed by atoms with Crippen molar-refractivity contribution in [3.8, 4) is 0 Å². The van der Waals surface area contributed by atoms with Crippen molar-refractivity contribution in [1.82, 2.24) is 10.2 Å². The largest absolute Gasteiger partial charge is 0.392 e. The number of hydrogen-bond acceptors (Lipinski definition) is 3. The van der Waals surface area contributed by atoms with Crippen molar-refractivity contribution >= 4 is 0 Å². The van der Waals surface area contributed by atoms with Gasteiger partial charge in [-0.15, -0.1) is 0 Å². The molecule has 1 fully saturated rings. The second kappa shape index (κ2) is 4.21. The molecule has 3 unspecified atom stereocenters. The first-order valence-electron chi connectivity index (χ1n) is 4.72. The molecule has 0 spiro atoms. The van der Waals surface area contributed by atoms with Gasteiger partial charge in [0.15, 0.2) is 0 Å². The smallest absolute Gasteiger partial charge is 0.0662 e. The number of nitrogens with one attached hydrogen (secondary N) is 1. The van der Waals surface area contributed by atoms with Gasteiger partial charge in [-0.05, 0) is 33.9 Å². The van der Waals surface area contributed by atoms with Crippen LogP contribution < -0.4 is 5.32 Å². The predicted molar refractivity (Wildman–Crippen MR) is 50.2 cm³/mol. The summed E-state index contributed by atoms with van der Waals surface area (Å²) in [5, 5.41) is 12.7. The van der Waals surface area contributed by atoms with Crippen LogP contribution in [-0.4, -0.2) is 48.3 Å². The maximum Gasteiger partial charge on any atom is 0.0662 e.